The van der Waals surface area contributed by atoms with Crippen LogP contribution in [0.15, 0.2) is 35.6 Å². The van der Waals surface area contributed by atoms with Crippen LogP contribution in [0.2, 0.25) is 0 Å². The molecule has 1 aliphatic rings. The van der Waals surface area contributed by atoms with Crippen LogP contribution in [0.25, 0.3) is 5.65 Å². The van der Waals surface area contributed by atoms with Gasteiger partial charge < -0.3 is 9.47 Å². The summed E-state index contributed by atoms with van der Waals surface area (Å²) >= 11 is 0. The lowest BCUT2D eigenvalue weighted by molar-refractivity contribution is 0.00843. The molecular weight excluding hydrogens is 425 g/mol. The molecule has 1 fully saturated rings. The molecule has 0 atom stereocenters. The molecule has 0 aliphatic carbocycles. The highest BCUT2D eigenvalue weighted by atomic mass is 32.2. The Morgan fingerprint density at radius 2 is 2.13 bits per heavy atom. The van der Waals surface area contributed by atoms with Gasteiger partial charge in [-0.2, -0.15) is 13.4 Å². The average molecular weight is 442 g/mol. The summed E-state index contributed by atoms with van der Waals surface area (Å²) in [5, 5.41) is -0.231. The van der Waals surface area contributed by atoms with Crippen LogP contribution in [-0.2, 0) is 21.2 Å². The summed E-state index contributed by atoms with van der Waals surface area (Å²) in [4.78, 5) is 7.82. The fraction of sp³-hybridized carbons (Fsp3) is 0.333. The Morgan fingerprint density at radius 1 is 1.37 bits per heavy atom. The van der Waals surface area contributed by atoms with E-state index in [9.17, 15) is 21.6 Å². The summed E-state index contributed by atoms with van der Waals surface area (Å²) < 4.78 is 78.7. The lowest BCUT2D eigenvalue weighted by Crippen LogP contribution is -2.25. The Labute approximate surface area is 169 Å². The van der Waals surface area contributed by atoms with Crippen molar-refractivity contribution in [1.82, 2.24) is 14.4 Å². The molecule has 12 heteroatoms. The maximum atomic E-state index is 14.4. The van der Waals surface area contributed by atoms with Gasteiger partial charge in [-0.15, -0.1) is 0 Å². The Kier molecular flexibility index (Phi) is 5.28. The van der Waals surface area contributed by atoms with Crippen LogP contribution in [0.3, 0.4) is 0 Å². The molecule has 1 aliphatic heterocycles. The van der Waals surface area contributed by atoms with Crippen molar-refractivity contribution in [3.8, 4) is 5.88 Å². The third-order valence-corrected chi connectivity index (χ3v) is 6.02. The molecule has 160 valence electrons. The number of nitrogens with zero attached hydrogens (tertiary/aromatic N) is 3. The number of halogens is 3. The van der Waals surface area contributed by atoms with E-state index in [0.717, 1.165) is 17.8 Å². The van der Waals surface area contributed by atoms with E-state index in [1.54, 1.807) is 18.3 Å². The molecule has 0 unspecified atom stereocenters. The molecule has 0 saturated carbocycles. The fourth-order valence-electron chi connectivity index (χ4n) is 3.10. The Balaban J connectivity index is 1.66. The number of hydrogen-bond acceptors (Lipinski definition) is 6. The first kappa shape index (κ1) is 20.4. The van der Waals surface area contributed by atoms with Crippen LogP contribution >= 0.6 is 0 Å². The number of imidazole rings is 1. The van der Waals surface area contributed by atoms with Crippen LogP contribution < -0.4 is 9.46 Å². The topological polar surface area (TPSA) is 94.8 Å². The number of nitrogens with one attached hydrogen (secondary N) is 1. The summed E-state index contributed by atoms with van der Waals surface area (Å²) in [6.07, 6.45) is -0.821. The molecule has 0 spiro atoms. The first-order valence-electron chi connectivity index (χ1n) is 8.87. The zero-order valence-corrected chi connectivity index (χ0v) is 16.5. The van der Waals surface area contributed by atoms with Crippen LogP contribution in [0, 0.1) is 5.82 Å². The summed E-state index contributed by atoms with van der Waals surface area (Å²) in [6.45, 7) is 1.19. The molecule has 3 aromatic heterocycles. The van der Waals surface area contributed by atoms with Crippen molar-refractivity contribution in [2.75, 3.05) is 25.0 Å². The van der Waals surface area contributed by atoms with Gasteiger partial charge in [0.15, 0.2) is 16.7 Å². The number of sulfonamides is 1. The molecule has 0 bridgehead atoms. The highest BCUT2D eigenvalue weighted by Gasteiger charge is 2.25. The van der Waals surface area contributed by atoms with Crippen molar-refractivity contribution in [3.63, 3.8) is 0 Å². The second-order valence-corrected chi connectivity index (χ2v) is 8.34. The SMILES string of the molecule is COc1nc(NS(=O)(=O)c2cnc3cc(C4COC4)ccn23)c(F)cc1CC(F)F. The van der Waals surface area contributed by atoms with Crippen LogP contribution in [-0.4, -0.2) is 49.5 Å². The molecule has 1 N–H and O–H groups in total. The van der Waals surface area contributed by atoms with E-state index < -0.39 is 34.5 Å². The number of aromatic nitrogens is 3. The lowest BCUT2D eigenvalue weighted by atomic mass is 9.99. The van der Waals surface area contributed by atoms with E-state index in [4.69, 9.17) is 9.47 Å². The Hall–Kier alpha value is -2.86. The number of ether oxygens (including phenoxy) is 2. The van der Waals surface area contributed by atoms with Gasteiger partial charge in [0.1, 0.15) is 5.65 Å². The minimum atomic E-state index is -4.29. The van der Waals surface area contributed by atoms with Crippen molar-refractivity contribution >= 4 is 21.5 Å². The molecule has 30 heavy (non-hydrogen) atoms. The summed E-state index contributed by atoms with van der Waals surface area (Å²) in [6, 6.07) is 4.30. The molecule has 3 aromatic rings. The second-order valence-electron chi connectivity index (χ2n) is 6.71. The van der Waals surface area contributed by atoms with Crippen molar-refractivity contribution < 1.29 is 31.1 Å². The lowest BCUT2D eigenvalue weighted by Gasteiger charge is -2.26. The normalized spacial score (nSPS) is 14.8. The number of fused-ring (bicyclic) bond motifs is 1. The number of hydrogen-bond donors (Lipinski definition) is 1. The number of rotatable bonds is 7. The fourth-order valence-corrected chi connectivity index (χ4v) is 4.21. The standard InChI is InChI=1S/C18H17F3N4O4S/c1-28-18-11(5-14(20)21)4-13(19)17(23-18)24-30(26,27)16-7-22-15-6-10(2-3-25(15)16)12-8-29-9-12/h2-4,6-7,12,14H,5,8-9H2,1H3,(H,23,24). The van der Waals surface area contributed by atoms with E-state index >= 15 is 0 Å². The predicted octanol–water partition coefficient (Wildman–Crippen LogP) is 2.60. The van der Waals surface area contributed by atoms with Gasteiger partial charge in [0.2, 0.25) is 12.3 Å². The molecule has 8 nitrogen and oxygen atoms in total. The minimum Gasteiger partial charge on any atom is -0.481 e. The predicted molar refractivity (Wildman–Crippen MR) is 100 cm³/mol. The minimum absolute atomic E-state index is 0.171. The van der Waals surface area contributed by atoms with Gasteiger partial charge in [-0.25, -0.2) is 18.2 Å². The van der Waals surface area contributed by atoms with Crippen LogP contribution in [0.5, 0.6) is 5.88 Å². The van der Waals surface area contributed by atoms with Crippen LogP contribution in [0.4, 0.5) is 19.0 Å². The summed E-state index contributed by atoms with van der Waals surface area (Å²) in [5.41, 5.74) is 1.21. The van der Waals surface area contributed by atoms with Gasteiger partial charge >= 0.3 is 0 Å². The third-order valence-electron chi connectivity index (χ3n) is 4.70. The van der Waals surface area contributed by atoms with Gasteiger partial charge in [0, 0.05) is 24.1 Å². The van der Waals surface area contributed by atoms with Gasteiger partial charge in [-0.05, 0) is 23.8 Å². The summed E-state index contributed by atoms with van der Waals surface area (Å²) in [5.74, 6) is -1.82. The number of pyridine rings is 2. The van der Waals surface area contributed by atoms with Crippen molar-refractivity contribution in [3.05, 3.63) is 47.5 Å². The molecular formula is C18H17F3N4O4S. The second kappa shape index (κ2) is 7.76. The molecule has 0 radical (unpaired) electrons. The first-order valence-corrected chi connectivity index (χ1v) is 10.4. The largest absolute Gasteiger partial charge is 0.481 e. The van der Waals surface area contributed by atoms with E-state index in [2.05, 4.69) is 9.97 Å². The van der Waals surface area contributed by atoms with Gasteiger partial charge in [0.05, 0.1) is 26.5 Å². The van der Waals surface area contributed by atoms with Crippen molar-refractivity contribution in [1.29, 1.82) is 0 Å². The summed E-state index contributed by atoms with van der Waals surface area (Å²) in [7, 11) is -3.12. The smallest absolute Gasteiger partial charge is 0.280 e. The first-order chi connectivity index (χ1) is 14.3. The van der Waals surface area contributed by atoms with Crippen LogP contribution in [0.1, 0.15) is 17.0 Å². The quantitative estimate of drug-likeness (QED) is 0.605. The monoisotopic (exact) mass is 442 g/mol. The van der Waals surface area contributed by atoms with E-state index in [0.29, 0.717) is 18.9 Å². The maximum Gasteiger partial charge on any atom is 0.280 e. The zero-order chi connectivity index (χ0) is 21.5. The average Bonchev–Trinajstić information content (AvgIpc) is 3.06. The highest BCUT2D eigenvalue weighted by Crippen LogP contribution is 2.28. The molecule has 4 heterocycles. The van der Waals surface area contributed by atoms with E-state index in [1.807, 2.05) is 4.72 Å². The van der Waals surface area contributed by atoms with E-state index in [1.165, 1.54) is 11.5 Å². The van der Waals surface area contributed by atoms with Gasteiger partial charge in [-0.3, -0.25) is 9.12 Å². The third kappa shape index (κ3) is 3.79. The molecule has 0 aromatic carbocycles. The number of alkyl halides is 2. The van der Waals surface area contributed by atoms with Crippen molar-refractivity contribution in [2.24, 2.45) is 0 Å². The molecule has 0 amide bonds. The zero-order valence-electron chi connectivity index (χ0n) is 15.7. The molecule has 4 rings (SSSR count). The molecule has 1 saturated heterocycles. The van der Waals surface area contributed by atoms with Gasteiger partial charge in [-0.1, -0.05) is 0 Å². The Morgan fingerprint density at radius 3 is 2.77 bits per heavy atom. The number of anilines is 1. The maximum absolute atomic E-state index is 14.4. The van der Waals surface area contributed by atoms with Crippen molar-refractivity contribution in [2.45, 2.75) is 23.8 Å². The number of methoxy groups -OCH3 is 1. The van der Waals surface area contributed by atoms with E-state index in [-0.39, 0.29) is 22.4 Å². The van der Waals surface area contributed by atoms with Gasteiger partial charge in [0.25, 0.3) is 10.0 Å². The Bertz CT molecular complexity index is 1200. The highest BCUT2D eigenvalue weighted by molar-refractivity contribution is 7.92.